The molecule has 0 radical (unpaired) electrons. The summed E-state index contributed by atoms with van der Waals surface area (Å²) in [5.74, 6) is 1.81. The second-order valence-corrected chi connectivity index (χ2v) is 8.14. The number of piperazine rings is 1. The molecule has 0 aliphatic carbocycles. The molecule has 2 heterocycles. The molecule has 1 aromatic carbocycles. The number of aromatic nitrogens is 2. The van der Waals surface area contributed by atoms with Gasteiger partial charge in [0.15, 0.2) is 0 Å². The maximum absolute atomic E-state index is 12.5. The van der Waals surface area contributed by atoms with Crippen molar-refractivity contribution in [1.82, 2.24) is 20.2 Å². The number of anilines is 1. The van der Waals surface area contributed by atoms with Gasteiger partial charge in [0.2, 0.25) is 5.91 Å². The molecule has 1 aliphatic rings. The van der Waals surface area contributed by atoms with Gasteiger partial charge in [0.25, 0.3) is 5.91 Å². The third-order valence-corrected chi connectivity index (χ3v) is 5.40. The lowest BCUT2D eigenvalue weighted by Crippen LogP contribution is -2.49. The monoisotopic (exact) mass is 429 g/mol. The van der Waals surface area contributed by atoms with Crippen LogP contribution in [0.25, 0.3) is 0 Å². The Morgan fingerprint density at radius 2 is 1.83 bits per heavy atom. The topological polar surface area (TPSA) is 78.4 Å². The molecule has 0 bridgehead atoms. The molecular formula is C22H28ClN5O2. The molecule has 0 atom stereocenters. The van der Waals surface area contributed by atoms with Crippen molar-refractivity contribution in [2.45, 2.75) is 33.1 Å². The molecule has 0 unspecified atom stereocenters. The molecule has 1 aliphatic heterocycles. The number of rotatable bonds is 6. The van der Waals surface area contributed by atoms with Gasteiger partial charge in [-0.25, -0.2) is 9.97 Å². The van der Waals surface area contributed by atoms with Crippen LogP contribution in [0.1, 0.15) is 48.1 Å². The summed E-state index contributed by atoms with van der Waals surface area (Å²) in [5, 5.41) is 3.17. The van der Waals surface area contributed by atoms with E-state index in [0.29, 0.717) is 23.7 Å². The van der Waals surface area contributed by atoms with E-state index in [-0.39, 0.29) is 30.7 Å². The molecule has 1 aromatic heterocycles. The van der Waals surface area contributed by atoms with Crippen LogP contribution in [0.3, 0.4) is 0 Å². The van der Waals surface area contributed by atoms with Gasteiger partial charge in [-0.2, -0.15) is 0 Å². The summed E-state index contributed by atoms with van der Waals surface area (Å²) >= 11 is 6.03. The molecule has 1 saturated heterocycles. The van der Waals surface area contributed by atoms with E-state index in [1.54, 1.807) is 24.3 Å². The number of halogens is 1. The highest BCUT2D eigenvalue weighted by atomic mass is 35.5. The highest BCUT2D eigenvalue weighted by Crippen LogP contribution is 2.19. The van der Waals surface area contributed by atoms with E-state index in [2.05, 4.69) is 34.0 Å². The van der Waals surface area contributed by atoms with Crippen LogP contribution in [0.15, 0.2) is 30.3 Å². The minimum absolute atomic E-state index is 0.0378. The molecule has 2 amide bonds. The number of benzene rings is 1. The summed E-state index contributed by atoms with van der Waals surface area (Å²) in [4.78, 5) is 37.9. The molecule has 0 spiro atoms. The molecule has 3 rings (SSSR count). The quantitative estimate of drug-likeness (QED) is 0.763. The average molecular weight is 430 g/mol. The molecular weight excluding hydrogens is 402 g/mol. The predicted molar refractivity (Wildman–Crippen MR) is 118 cm³/mol. The first-order valence-corrected chi connectivity index (χ1v) is 10.6. The molecule has 7 nitrogen and oxygen atoms in total. The Morgan fingerprint density at radius 1 is 1.13 bits per heavy atom. The molecule has 160 valence electrons. The first-order chi connectivity index (χ1) is 14.3. The lowest BCUT2D eigenvalue weighted by Gasteiger charge is -2.35. The van der Waals surface area contributed by atoms with Crippen LogP contribution in [0.2, 0.25) is 5.02 Å². The number of aryl methyl sites for hydroxylation is 1. The summed E-state index contributed by atoms with van der Waals surface area (Å²) in [7, 11) is 0. The fraction of sp³-hybridized carbons (Fsp3) is 0.455. The van der Waals surface area contributed by atoms with E-state index in [1.165, 1.54) is 0 Å². The molecule has 8 heteroatoms. The minimum Gasteiger partial charge on any atom is -0.353 e. The van der Waals surface area contributed by atoms with Gasteiger partial charge in [-0.15, -0.1) is 0 Å². The fourth-order valence-corrected chi connectivity index (χ4v) is 3.58. The highest BCUT2D eigenvalue weighted by Gasteiger charge is 2.22. The van der Waals surface area contributed by atoms with Gasteiger partial charge in [0.1, 0.15) is 11.6 Å². The maximum atomic E-state index is 12.5. The first kappa shape index (κ1) is 22.0. The van der Waals surface area contributed by atoms with E-state index in [1.807, 2.05) is 17.9 Å². The van der Waals surface area contributed by atoms with Crippen molar-refractivity contribution in [3.8, 4) is 0 Å². The van der Waals surface area contributed by atoms with Crippen LogP contribution in [0, 0.1) is 6.92 Å². The first-order valence-electron chi connectivity index (χ1n) is 10.3. The number of carbonyl (C=O) groups excluding carboxylic acids is 2. The SMILES string of the molecule is Cc1cc(N2CCN(C(=O)CCNC(=O)c3ccccc3Cl)CC2)nc(C(C)C)n1. The number of amides is 2. The van der Waals surface area contributed by atoms with Crippen molar-refractivity contribution < 1.29 is 9.59 Å². The van der Waals surface area contributed by atoms with E-state index in [0.717, 1.165) is 30.4 Å². The van der Waals surface area contributed by atoms with Crippen molar-refractivity contribution in [2.75, 3.05) is 37.6 Å². The van der Waals surface area contributed by atoms with Crippen molar-refractivity contribution in [3.63, 3.8) is 0 Å². The third-order valence-electron chi connectivity index (χ3n) is 5.07. The van der Waals surface area contributed by atoms with Crippen molar-refractivity contribution >= 4 is 29.2 Å². The van der Waals surface area contributed by atoms with E-state index in [9.17, 15) is 9.59 Å². The Morgan fingerprint density at radius 3 is 2.50 bits per heavy atom. The Kier molecular flexibility index (Phi) is 7.26. The minimum atomic E-state index is -0.265. The molecule has 1 fully saturated rings. The second-order valence-electron chi connectivity index (χ2n) is 7.73. The summed E-state index contributed by atoms with van der Waals surface area (Å²) in [6, 6.07) is 8.86. The van der Waals surface area contributed by atoms with E-state index < -0.39 is 0 Å². The van der Waals surface area contributed by atoms with Crippen molar-refractivity contribution in [1.29, 1.82) is 0 Å². The molecule has 30 heavy (non-hydrogen) atoms. The molecule has 0 saturated carbocycles. The van der Waals surface area contributed by atoms with E-state index >= 15 is 0 Å². The average Bonchev–Trinajstić information content (AvgIpc) is 2.73. The standard InChI is InChI=1S/C22H28ClN5O2/c1-15(2)21-25-16(3)14-19(26-21)27-10-12-28(13-11-27)20(29)8-9-24-22(30)17-6-4-5-7-18(17)23/h4-7,14-15H,8-13H2,1-3H3,(H,24,30). The fourth-order valence-electron chi connectivity index (χ4n) is 3.36. The summed E-state index contributed by atoms with van der Waals surface area (Å²) in [5.41, 5.74) is 1.37. The number of hydrogen-bond donors (Lipinski definition) is 1. The zero-order chi connectivity index (χ0) is 21.7. The van der Waals surface area contributed by atoms with Crippen molar-refractivity contribution in [3.05, 3.63) is 52.4 Å². The maximum Gasteiger partial charge on any atom is 0.252 e. The van der Waals surface area contributed by atoms with Crippen LogP contribution in [-0.4, -0.2) is 59.4 Å². The van der Waals surface area contributed by atoms with Crippen LogP contribution in [0.4, 0.5) is 5.82 Å². The molecule has 1 N–H and O–H groups in total. The largest absolute Gasteiger partial charge is 0.353 e. The van der Waals surface area contributed by atoms with E-state index in [4.69, 9.17) is 11.6 Å². The number of hydrogen-bond acceptors (Lipinski definition) is 5. The zero-order valence-electron chi connectivity index (χ0n) is 17.7. The Balaban J connectivity index is 1.48. The normalized spacial score (nSPS) is 14.2. The van der Waals surface area contributed by atoms with Gasteiger partial charge in [0, 0.05) is 56.8 Å². The Hall–Kier alpha value is -2.67. The van der Waals surface area contributed by atoms with Gasteiger partial charge in [0.05, 0.1) is 10.6 Å². The smallest absolute Gasteiger partial charge is 0.252 e. The second kappa shape index (κ2) is 9.89. The third kappa shape index (κ3) is 5.48. The highest BCUT2D eigenvalue weighted by molar-refractivity contribution is 6.33. The molecule has 2 aromatic rings. The predicted octanol–water partition coefficient (Wildman–Crippen LogP) is 3.03. The van der Waals surface area contributed by atoms with Crippen LogP contribution in [-0.2, 0) is 4.79 Å². The summed E-state index contributed by atoms with van der Waals surface area (Å²) in [6.07, 6.45) is 0.264. The van der Waals surface area contributed by atoms with Gasteiger partial charge in [-0.05, 0) is 19.1 Å². The summed E-state index contributed by atoms with van der Waals surface area (Å²) in [6.45, 7) is 9.16. The lowest BCUT2D eigenvalue weighted by atomic mass is 10.2. The van der Waals surface area contributed by atoms with Crippen LogP contribution >= 0.6 is 11.6 Å². The lowest BCUT2D eigenvalue weighted by molar-refractivity contribution is -0.131. The van der Waals surface area contributed by atoms with Crippen LogP contribution < -0.4 is 10.2 Å². The van der Waals surface area contributed by atoms with Crippen molar-refractivity contribution in [2.24, 2.45) is 0 Å². The number of nitrogens with one attached hydrogen (secondary N) is 1. The van der Waals surface area contributed by atoms with Gasteiger partial charge in [-0.1, -0.05) is 37.6 Å². The van der Waals surface area contributed by atoms with Crippen LogP contribution in [0.5, 0.6) is 0 Å². The Bertz CT molecular complexity index is 910. The van der Waals surface area contributed by atoms with Gasteiger partial charge >= 0.3 is 0 Å². The van der Waals surface area contributed by atoms with Gasteiger partial charge in [-0.3, -0.25) is 9.59 Å². The zero-order valence-corrected chi connectivity index (χ0v) is 18.4. The number of nitrogens with zero attached hydrogens (tertiary/aromatic N) is 4. The number of carbonyl (C=O) groups is 2. The summed E-state index contributed by atoms with van der Waals surface area (Å²) < 4.78 is 0. The Labute approximate surface area is 182 Å². The van der Waals surface area contributed by atoms with Gasteiger partial charge < -0.3 is 15.1 Å².